The second-order valence-corrected chi connectivity index (χ2v) is 4.09. The quantitative estimate of drug-likeness (QED) is 0.788. The lowest BCUT2D eigenvalue weighted by molar-refractivity contribution is 0.0599. The summed E-state index contributed by atoms with van der Waals surface area (Å²) >= 11 is 9.07. The standard InChI is InChI=1S/C10H8BrClO4/c1-15-9(13)6-3-5(11)4-7(8(6)12)10(14)16-2/h3-4H,1-2H3. The predicted octanol–water partition coefficient (Wildman–Crippen LogP) is 2.68. The number of hydrogen-bond acceptors (Lipinski definition) is 4. The van der Waals surface area contributed by atoms with Crippen LogP contribution in [0.2, 0.25) is 5.02 Å². The molecule has 1 aromatic carbocycles. The monoisotopic (exact) mass is 306 g/mol. The summed E-state index contributed by atoms with van der Waals surface area (Å²) in [6, 6.07) is 2.95. The van der Waals surface area contributed by atoms with E-state index >= 15 is 0 Å². The zero-order valence-electron chi connectivity index (χ0n) is 8.54. The summed E-state index contributed by atoms with van der Waals surface area (Å²) < 4.78 is 9.63. The Hall–Kier alpha value is -1.07. The third-order valence-corrected chi connectivity index (χ3v) is 2.71. The average Bonchev–Trinajstić information content (AvgIpc) is 2.29. The van der Waals surface area contributed by atoms with E-state index in [1.807, 2.05) is 0 Å². The number of benzene rings is 1. The van der Waals surface area contributed by atoms with Crippen molar-refractivity contribution in [2.75, 3.05) is 14.2 Å². The van der Waals surface area contributed by atoms with Gasteiger partial charge in [0, 0.05) is 4.47 Å². The first-order chi connectivity index (χ1) is 7.51. The number of ether oxygens (including phenoxy) is 2. The van der Waals surface area contributed by atoms with E-state index in [4.69, 9.17) is 11.6 Å². The highest BCUT2D eigenvalue weighted by molar-refractivity contribution is 9.10. The highest BCUT2D eigenvalue weighted by atomic mass is 79.9. The van der Waals surface area contributed by atoms with Crippen molar-refractivity contribution >= 4 is 39.5 Å². The van der Waals surface area contributed by atoms with Gasteiger partial charge in [0.15, 0.2) is 0 Å². The van der Waals surface area contributed by atoms with E-state index in [9.17, 15) is 9.59 Å². The minimum absolute atomic E-state index is 0.0156. The van der Waals surface area contributed by atoms with E-state index in [1.54, 1.807) is 0 Å². The summed E-state index contributed by atoms with van der Waals surface area (Å²) in [5.41, 5.74) is 0.220. The third-order valence-electron chi connectivity index (χ3n) is 1.85. The van der Waals surface area contributed by atoms with E-state index in [1.165, 1.54) is 26.4 Å². The van der Waals surface area contributed by atoms with Gasteiger partial charge in [-0.05, 0) is 12.1 Å². The number of methoxy groups -OCH3 is 2. The van der Waals surface area contributed by atoms with Crippen molar-refractivity contribution in [3.05, 3.63) is 32.8 Å². The zero-order chi connectivity index (χ0) is 12.3. The number of rotatable bonds is 2. The maximum Gasteiger partial charge on any atom is 0.339 e. The second-order valence-electron chi connectivity index (χ2n) is 2.80. The minimum atomic E-state index is -0.614. The molecule has 0 fully saturated rings. The molecule has 0 unspecified atom stereocenters. The first kappa shape index (κ1) is 13.0. The van der Waals surface area contributed by atoms with Crippen LogP contribution in [0.1, 0.15) is 20.7 Å². The van der Waals surface area contributed by atoms with Crippen molar-refractivity contribution in [2.45, 2.75) is 0 Å². The van der Waals surface area contributed by atoms with Gasteiger partial charge in [-0.1, -0.05) is 27.5 Å². The van der Waals surface area contributed by atoms with Gasteiger partial charge in [0.05, 0.1) is 30.4 Å². The van der Waals surface area contributed by atoms with Crippen molar-refractivity contribution in [1.29, 1.82) is 0 Å². The molecule has 0 atom stereocenters. The van der Waals surface area contributed by atoms with Crippen LogP contribution in [0.3, 0.4) is 0 Å². The number of carbonyl (C=O) groups is 2. The van der Waals surface area contributed by atoms with E-state index in [-0.39, 0.29) is 16.1 Å². The molecule has 6 heteroatoms. The number of esters is 2. The second kappa shape index (κ2) is 5.32. The van der Waals surface area contributed by atoms with Gasteiger partial charge >= 0.3 is 11.9 Å². The molecule has 86 valence electrons. The fourth-order valence-electron chi connectivity index (χ4n) is 1.11. The van der Waals surface area contributed by atoms with Crippen LogP contribution in [-0.4, -0.2) is 26.2 Å². The summed E-state index contributed by atoms with van der Waals surface area (Å²) in [5, 5.41) is 0.0156. The summed E-state index contributed by atoms with van der Waals surface area (Å²) in [6.07, 6.45) is 0. The SMILES string of the molecule is COC(=O)c1cc(Br)cc(C(=O)OC)c1Cl. The molecule has 0 N–H and O–H groups in total. The lowest BCUT2D eigenvalue weighted by Crippen LogP contribution is -2.08. The molecule has 4 nitrogen and oxygen atoms in total. The molecular weight excluding hydrogens is 299 g/mol. The van der Waals surface area contributed by atoms with E-state index in [2.05, 4.69) is 25.4 Å². The molecule has 0 saturated carbocycles. The average molecular weight is 308 g/mol. The molecule has 0 bridgehead atoms. The number of carbonyl (C=O) groups excluding carboxylic acids is 2. The number of hydrogen-bond donors (Lipinski definition) is 0. The van der Waals surface area contributed by atoms with Crippen molar-refractivity contribution in [3.63, 3.8) is 0 Å². The highest BCUT2D eigenvalue weighted by Gasteiger charge is 2.19. The Labute approximate surface area is 106 Å². The maximum absolute atomic E-state index is 11.4. The van der Waals surface area contributed by atoms with Crippen LogP contribution in [0.15, 0.2) is 16.6 Å². The lowest BCUT2D eigenvalue weighted by atomic mass is 10.1. The molecule has 0 aromatic heterocycles. The van der Waals surface area contributed by atoms with Crippen molar-refractivity contribution in [3.8, 4) is 0 Å². The van der Waals surface area contributed by atoms with Gasteiger partial charge in [0.1, 0.15) is 0 Å². The lowest BCUT2D eigenvalue weighted by Gasteiger charge is -2.07. The van der Waals surface area contributed by atoms with Gasteiger partial charge in [-0.25, -0.2) is 9.59 Å². The summed E-state index contributed by atoms with van der Waals surface area (Å²) in [5.74, 6) is -1.23. The molecule has 0 radical (unpaired) electrons. The summed E-state index contributed by atoms with van der Waals surface area (Å²) in [4.78, 5) is 22.7. The molecule has 0 heterocycles. The van der Waals surface area contributed by atoms with Gasteiger partial charge in [0.2, 0.25) is 0 Å². The van der Waals surface area contributed by atoms with Crippen molar-refractivity contribution in [2.24, 2.45) is 0 Å². The molecule has 0 aliphatic heterocycles. The third kappa shape index (κ3) is 2.54. The molecule has 0 aliphatic rings. The highest BCUT2D eigenvalue weighted by Crippen LogP contribution is 2.27. The molecule has 0 saturated heterocycles. The zero-order valence-corrected chi connectivity index (χ0v) is 10.9. The predicted molar refractivity (Wildman–Crippen MR) is 61.8 cm³/mol. The van der Waals surface area contributed by atoms with Crippen LogP contribution >= 0.6 is 27.5 Å². The van der Waals surface area contributed by atoms with E-state index in [0.717, 1.165) is 0 Å². The van der Waals surface area contributed by atoms with Crippen LogP contribution < -0.4 is 0 Å². The van der Waals surface area contributed by atoms with Gasteiger partial charge in [-0.2, -0.15) is 0 Å². The minimum Gasteiger partial charge on any atom is -0.465 e. The maximum atomic E-state index is 11.4. The fraction of sp³-hybridized carbons (Fsp3) is 0.200. The summed E-state index contributed by atoms with van der Waals surface area (Å²) in [6.45, 7) is 0. The van der Waals surface area contributed by atoms with E-state index < -0.39 is 11.9 Å². The Morgan fingerprint density at radius 1 is 1.12 bits per heavy atom. The molecule has 0 amide bonds. The molecule has 0 aliphatic carbocycles. The molecular formula is C10H8BrClO4. The van der Waals surface area contributed by atoms with Crippen LogP contribution in [-0.2, 0) is 9.47 Å². The first-order valence-corrected chi connectivity index (χ1v) is 5.34. The Morgan fingerprint density at radius 3 is 1.81 bits per heavy atom. The number of halogens is 2. The molecule has 16 heavy (non-hydrogen) atoms. The van der Waals surface area contributed by atoms with Gasteiger partial charge in [0.25, 0.3) is 0 Å². The molecule has 0 spiro atoms. The summed E-state index contributed by atoms with van der Waals surface area (Å²) in [7, 11) is 2.47. The Kier molecular flexibility index (Phi) is 4.32. The largest absolute Gasteiger partial charge is 0.465 e. The van der Waals surface area contributed by atoms with Crippen molar-refractivity contribution < 1.29 is 19.1 Å². The van der Waals surface area contributed by atoms with Crippen LogP contribution in [0.25, 0.3) is 0 Å². The topological polar surface area (TPSA) is 52.6 Å². The van der Waals surface area contributed by atoms with Crippen LogP contribution in [0.5, 0.6) is 0 Å². The van der Waals surface area contributed by atoms with E-state index in [0.29, 0.717) is 4.47 Å². The fourth-order valence-corrected chi connectivity index (χ4v) is 1.83. The Bertz CT molecular complexity index is 407. The van der Waals surface area contributed by atoms with Gasteiger partial charge < -0.3 is 9.47 Å². The van der Waals surface area contributed by atoms with Crippen LogP contribution in [0.4, 0.5) is 0 Å². The molecule has 1 aromatic rings. The first-order valence-electron chi connectivity index (χ1n) is 4.17. The van der Waals surface area contributed by atoms with Gasteiger partial charge in [-0.3, -0.25) is 0 Å². The van der Waals surface area contributed by atoms with Gasteiger partial charge in [-0.15, -0.1) is 0 Å². The Balaban J connectivity index is 3.37. The smallest absolute Gasteiger partial charge is 0.339 e. The van der Waals surface area contributed by atoms with Crippen molar-refractivity contribution in [1.82, 2.24) is 0 Å². The molecule has 1 rings (SSSR count). The Morgan fingerprint density at radius 2 is 1.50 bits per heavy atom. The van der Waals surface area contributed by atoms with Crippen LogP contribution in [0, 0.1) is 0 Å². The normalized spacial score (nSPS) is 9.75.